The van der Waals surface area contributed by atoms with Gasteiger partial charge in [-0.15, -0.1) is 0 Å². The van der Waals surface area contributed by atoms with E-state index in [0.29, 0.717) is 30.7 Å². The Kier molecular flexibility index (Phi) is 4.29. The van der Waals surface area contributed by atoms with Crippen LogP contribution in [-0.4, -0.2) is 48.1 Å². The van der Waals surface area contributed by atoms with Crippen LogP contribution in [0.1, 0.15) is 51.9 Å². The molecule has 140 valence electrons. The molecule has 0 aromatic heterocycles. The lowest BCUT2D eigenvalue weighted by Crippen LogP contribution is -2.63. The van der Waals surface area contributed by atoms with E-state index < -0.39 is 6.17 Å². The SMILES string of the molecule is CC(C(=O)NC1C2CC3CC1CC(C(N)=O)(C3)C2)N1CCC[C@H](F)C1. The third-order valence-corrected chi connectivity index (χ3v) is 7.43. The number of halogens is 1. The van der Waals surface area contributed by atoms with Crippen molar-refractivity contribution in [2.45, 2.75) is 70.1 Å². The van der Waals surface area contributed by atoms with Gasteiger partial charge in [0.05, 0.1) is 6.04 Å². The highest BCUT2D eigenvalue weighted by atomic mass is 19.1. The van der Waals surface area contributed by atoms with Crippen LogP contribution in [0, 0.1) is 23.2 Å². The molecule has 0 radical (unpaired) electrons. The van der Waals surface area contributed by atoms with Crippen LogP contribution in [0.5, 0.6) is 0 Å². The molecule has 0 spiro atoms. The van der Waals surface area contributed by atoms with Crippen LogP contribution in [0.2, 0.25) is 0 Å². The standard InChI is InChI=1S/C19H30FN3O2/c1-11(23-4-2-3-15(20)10-23)17(24)22-16-13-5-12-6-14(16)9-19(7-12,8-13)18(21)25/h11-16H,2-10H2,1H3,(H2,21,25)(H,22,24)/t11?,12?,13?,14?,15-,16?,19?/m0/s1. The third kappa shape index (κ3) is 2.96. The fourth-order valence-corrected chi connectivity index (χ4v) is 6.32. The van der Waals surface area contributed by atoms with Crippen LogP contribution in [0.25, 0.3) is 0 Å². The maximum atomic E-state index is 13.7. The molecule has 4 atom stereocenters. The lowest BCUT2D eigenvalue weighted by molar-refractivity contribution is -0.148. The number of carbonyl (C=O) groups excluding carboxylic acids is 2. The van der Waals surface area contributed by atoms with Crippen LogP contribution in [-0.2, 0) is 9.59 Å². The molecule has 2 amide bonds. The zero-order valence-electron chi connectivity index (χ0n) is 15.0. The minimum atomic E-state index is -0.819. The predicted molar refractivity (Wildman–Crippen MR) is 92.3 cm³/mol. The Balaban J connectivity index is 1.42. The maximum Gasteiger partial charge on any atom is 0.237 e. The highest BCUT2D eigenvalue weighted by molar-refractivity contribution is 5.83. The number of primary amides is 1. The second-order valence-corrected chi connectivity index (χ2v) is 9.06. The smallest absolute Gasteiger partial charge is 0.237 e. The van der Waals surface area contributed by atoms with Crippen molar-refractivity contribution < 1.29 is 14.0 Å². The largest absolute Gasteiger partial charge is 0.369 e. The van der Waals surface area contributed by atoms with Gasteiger partial charge < -0.3 is 11.1 Å². The molecule has 0 aromatic rings. The number of rotatable bonds is 4. The van der Waals surface area contributed by atoms with Crippen molar-refractivity contribution in [1.82, 2.24) is 10.2 Å². The van der Waals surface area contributed by atoms with Crippen LogP contribution < -0.4 is 11.1 Å². The van der Waals surface area contributed by atoms with Gasteiger partial charge in [0.2, 0.25) is 11.8 Å². The Morgan fingerprint density at radius 1 is 1.24 bits per heavy atom. The molecule has 4 bridgehead atoms. The Morgan fingerprint density at radius 2 is 1.92 bits per heavy atom. The van der Waals surface area contributed by atoms with Gasteiger partial charge >= 0.3 is 0 Å². The molecule has 3 unspecified atom stereocenters. The third-order valence-electron chi connectivity index (χ3n) is 7.43. The van der Waals surface area contributed by atoms with Gasteiger partial charge in [0, 0.05) is 18.0 Å². The van der Waals surface area contributed by atoms with E-state index in [4.69, 9.17) is 5.73 Å². The number of carbonyl (C=O) groups is 2. The van der Waals surface area contributed by atoms with E-state index in [9.17, 15) is 14.0 Å². The molecular formula is C19H30FN3O2. The van der Waals surface area contributed by atoms with Gasteiger partial charge in [0.25, 0.3) is 0 Å². The number of nitrogens with zero attached hydrogens (tertiary/aromatic N) is 1. The van der Waals surface area contributed by atoms with Crippen molar-refractivity contribution in [3.63, 3.8) is 0 Å². The summed E-state index contributed by atoms with van der Waals surface area (Å²) in [5.41, 5.74) is 5.41. The number of hydrogen-bond donors (Lipinski definition) is 2. The Morgan fingerprint density at radius 3 is 2.52 bits per heavy atom. The zero-order chi connectivity index (χ0) is 17.8. The highest BCUT2D eigenvalue weighted by Gasteiger charge is 2.58. The van der Waals surface area contributed by atoms with E-state index in [2.05, 4.69) is 5.32 Å². The summed E-state index contributed by atoms with van der Waals surface area (Å²) >= 11 is 0. The number of amides is 2. The van der Waals surface area contributed by atoms with E-state index in [1.807, 2.05) is 11.8 Å². The highest BCUT2D eigenvalue weighted by Crippen LogP contribution is 2.59. The van der Waals surface area contributed by atoms with Crippen molar-refractivity contribution >= 4 is 11.8 Å². The summed E-state index contributed by atoms with van der Waals surface area (Å²) in [5.74, 6) is 1.19. The molecule has 3 N–H and O–H groups in total. The fourth-order valence-electron chi connectivity index (χ4n) is 6.32. The van der Waals surface area contributed by atoms with Gasteiger partial charge in [-0.05, 0) is 76.2 Å². The second kappa shape index (κ2) is 6.22. The van der Waals surface area contributed by atoms with Crippen LogP contribution in [0.15, 0.2) is 0 Å². The molecule has 4 aliphatic carbocycles. The minimum absolute atomic E-state index is 0.0136. The summed E-state index contributed by atoms with van der Waals surface area (Å²) in [7, 11) is 0. The van der Waals surface area contributed by atoms with Gasteiger partial charge in [0.1, 0.15) is 6.17 Å². The minimum Gasteiger partial charge on any atom is -0.369 e. The van der Waals surface area contributed by atoms with Gasteiger partial charge in [-0.2, -0.15) is 0 Å². The van der Waals surface area contributed by atoms with Crippen LogP contribution in [0.4, 0.5) is 4.39 Å². The first-order valence-electron chi connectivity index (χ1n) is 9.86. The van der Waals surface area contributed by atoms with Crippen LogP contribution >= 0.6 is 0 Å². The number of alkyl halides is 1. The lowest BCUT2D eigenvalue weighted by atomic mass is 9.47. The molecule has 1 saturated heterocycles. The monoisotopic (exact) mass is 351 g/mol. The van der Waals surface area contributed by atoms with Crippen LogP contribution in [0.3, 0.4) is 0 Å². The average Bonchev–Trinajstić information content (AvgIpc) is 2.56. The Labute approximate surface area is 148 Å². The van der Waals surface area contributed by atoms with Crippen molar-refractivity contribution in [2.24, 2.45) is 28.9 Å². The predicted octanol–water partition coefficient (Wildman–Crippen LogP) is 1.61. The number of piperidine rings is 1. The molecule has 1 heterocycles. The van der Waals surface area contributed by atoms with Gasteiger partial charge in [0.15, 0.2) is 0 Å². The quantitative estimate of drug-likeness (QED) is 0.808. The van der Waals surface area contributed by atoms with Crippen molar-refractivity contribution in [3.05, 3.63) is 0 Å². The number of likely N-dealkylation sites (tertiary alicyclic amines) is 1. The topological polar surface area (TPSA) is 75.4 Å². The average molecular weight is 351 g/mol. The number of hydrogen-bond acceptors (Lipinski definition) is 3. The molecule has 6 heteroatoms. The van der Waals surface area contributed by atoms with Crippen molar-refractivity contribution in [3.8, 4) is 0 Å². The first-order chi connectivity index (χ1) is 11.9. The summed E-state index contributed by atoms with van der Waals surface area (Å²) in [6, 6.07) is -0.134. The maximum absolute atomic E-state index is 13.7. The fraction of sp³-hybridized carbons (Fsp3) is 0.895. The molecule has 25 heavy (non-hydrogen) atoms. The lowest BCUT2D eigenvalue weighted by Gasteiger charge is -2.59. The molecule has 1 aliphatic heterocycles. The summed E-state index contributed by atoms with van der Waals surface area (Å²) < 4.78 is 13.7. The Bertz CT molecular complexity index is 553. The molecule has 4 saturated carbocycles. The second-order valence-electron chi connectivity index (χ2n) is 9.06. The zero-order valence-corrected chi connectivity index (χ0v) is 15.0. The summed E-state index contributed by atoms with van der Waals surface area (Å²) in [4.78, 5) is 26.8. The summed E-state index contributed by atoms with van der Waals surface area (Å²) in [5, 5.41) is 3.27. The van der Waals surface area contributed by atoms with Gasteiger partial charge in [-0.25, -0.2) is 4.39 Å². The normalized spacial score (nSPS) is 44.5. The molecule has 0 aromatic carbocycles. The van der Waals surface area contributed by atoms with E-state index in [1.54, 1.807) is 0 Å². The molecule has 5 fully saturated rings. The van der Waals surface area contributed by atoms with E-state index in [-0.39, 0.29) is 29.3 Å². The van der Waals surface area contributed by atoms with E-state index in [0.717, 1.165) is 45.1 Å². The number of nitrogens with one attached hydrogen (secondary N) is 1. The number of nitrogens with two attached hydrogens (primary N) is 1. The van der Waals surface area contributed by atoms with Crippen molar-refractivity contribution in [2.75, 3.05) is 13.1 Å². The molecule has 5 rings (SSSR count). The molecule has 5 nitrogen and oxygen atoms in total. The van der Waals surface area contributed by atoms with Gasteiger partial charge in [-0.1, -0.05) is 0 Å². The van der Waals surface area contributed by atoms with E-state index >= 15 is 0 Å². The first-order valence-corrected chi connectivity index (χ1v) is 9.86. The molecule has 5 aliphatic rings. The van der Waals surface area contributed by atoms with Crippen molar-refractivity contribution in [1.29, 1.82) is 0 Å². The van der Waals surface area contributed by atoms with Gasteiger partial charge in [-0.3, -0.25) is 14.5 Å². The Hall–Kier alpha value is -1.17. The summed E-state index contributed by atoms with van der Waals surface area (Å²) in [6.45, 7) is 3.03. The molecular weight excluding hydrogens is 321 g/mol. The first kappa shape index (κ1) is 17.3. The van der Waals surface area contributed by atoms with E-state index in [1.165, 1.54) is 0 Å². The summed E-state index contributed by atoms with van der Waals surface area (Å²) in [6.07, 6.45) is 5.39.